The molecule has 1 aliphatic heterocycles. The molecule has 2 rings (SSSR count). The minimum Gasteiger partial charge on any atom is -0.497 e. The molecule has 0 aromatic heterocycles. The van der Waals surface area contributed by atoms with Gasteiger partial charge in [0.25, 0.3) is 0 Å². The summed E-state index contributed by atoms with van der Waals surface area (Å²) in [5.74, 6) is 0.910. The first-order valence-electron chi connectivity index (χ1n) is 9.03. The number of fused-ring (bicyclic) bond motifs is 1. The van der Waals surface area contributed by atoms with E-state index in [4.69, 9.17) is 4.74 Å². The topological polar surface area (TPSA) is 12.5 Å². The molecule has 1 heterocycles. The Hall–Kier alpha value is -2.22. The molecule has 0 radical (unpaired) electrons. The minimum absolute atomic E-state index is 0.0962. The van der Waals surface area contributed by atoms with Crippen molar-refractivity contribution in [1.29, 1.82) is 0 Å². The summed E-state index contributed by atoms with van der Waals surface area (Å²) in [6.45, 7) is 16.0. The predicted octanol–water partition coefficient (Wildman–Crippen LogP) is 6.17. The van der Waals surface area contributed by atoms with Crippen molar-refractivity contribution in [2.75, 3.05) is 18.6 Å². The number of hydrogen-bond acceptors (Lipinski definition) is 2. The average molecular weight is 338 g/mol. The molecule has 0 fully saturated rings. The molecule has 1 aromatic rings. The highest BCUT2D eigenvalue weighted by molar-refractivity contribution is 5.72. The Kier molecular flexibility index (Phi) is 5.94. The Morgan fingerprint density at radius 1 is 1.32 bits per heavy atom. The van der Waals surface area contributed by atoms with Crippen molar-refractivity contribution >= 4 is 5.69 Å². The molecular formula is C23H31NO. The van der Waals surface area contributed by atoms with Gasteiger partial charge in [-0.2, -0.15) is 0 Å². The van der Waals surface area contributed by atoms with Crippen molar-refractivity contribution in [3.05, 3.63) is 71.5 Å². The standard InChI is InChI=1S/C23H31NO/c1-8-11-12-18(17(4)5)16-23(6)20-15-19(25-7)13-14-21(20)24(10-3)22(23)9-2/h8-9,11-15H,4,10,16H2,1-3,5-7H3/b11-8-,18-12-,22-9-. The molecule has 134 valence electrons. The number of benzene rings is 1. The highest BCUT2D eigenvalue weighted by Crippen LogP contribution is 2.52. The van der Waals surface area contributed by atoms with Crippen molar-refractivity contribution in [3.8, 4) is 5.75 Å². The van der Waals surface area contributed by atoms with E-state index in [0.717, 1.165) is 24.3 Å². The first kappa shape index (κ1) is 19.1. The van der Waals surface area contributed by atoms with E-state index >= 15 is 0 Å². The number of hydrogen-bond donors (Lipinski definition) is 0. The SMILES string of the molecule is C=C(C)/C(=C\C=C/C)CC1(C)/C(=C/C)N(CC)c2ccc(OC)cc21. The fourth-order valence-electron chi connectivity index (χ4n) is 3.83. The highest BCUT2D eigenvalue weighted by atomic mass is 16.5. The zero-order valence-electron chi connectivity index (χ0n) is 16.5. The average Bonchev–Trinajstić information content (AvgIpc) is 2.85. The van der Waals surface area contributed by atoms with Crippen LogP contribution in [0.25, 0.3) is 0 Å². The monoisotopic (exact) mass is 337 g/mol. The first-order valence-corrected chi connectivity index (χ1v) is 9.03. The largest absolute Gasteiger partial charge is 0.497 e. The Morgan fingerprint density at radius 3 is 2.56 bits per heavy atom. The van der Waals surface area contributed by atoms with Crippen LogP contribution in [0.5, 0.6) is 5.75 Å². The van der Waals surface area contributed by atoms with E-state index in [2.05, 4.69) is 81.7 Å². The van der Waals surface area contributed by atoms with Crippen LogP contribution in [-0.2, 0) is 5.41 Å². The number of methoxy groups -OCH3 is 1. The van der Waals surface area contributed by atoms with Crippen LogP contribution in [0.4, 0.5) is 5.69 Å². The van der Waals surface area contributed by atoms with Gasteiger partial charge in [-0.3, -0.25) is 0 Å². The number of anilines is 1. The minimum atomic E-state index is -0.0962. The van der Waals surface area contributed by atoms with Gasteiger partial charge in [-0.05, 0) is 70.4 Å². The lowest BCUT2D eigenvalue weighted by Crippen LogP contribution is -2.29. The van der Waals surface area contributed by atoms with E-state index < -0.39 is 0 Å². The molecule has 2 heteroatoms. The predicted molar refractivity (Wildman–Crippen MR) is 109 cm³/mol. The van der Waals surface area contributed by atoms with Gasteiger partial charge >= 0.3 is 0 Å². The van der Waals surface area contributed by atoms with E-state index in [1.165, 1.54) is 22.5 Å². The van der Waals surface area contributed by atoms with Crippen LogP contribution in [0.2, 0.25) is 0 Å². The van der Waals surface area contributed by atoms with E-state index in [9.17, 15) is 0 Å². The lowest BCUT2D eigenvalue weighted by atomic mass is 9.75. The van der Waals surface area contributed by atoms with Crippen LogP contribution in [0.15, 0.2) is 65.9 Å². The molecule has 25 heavy (non-hydrogen) atoms. The normalized spacial score (nSPS) is 21.9. The van der Waals surface area contributed by atoms with Crippen molar-refractivity contribution < 1.29 is 4.74 Å². The van der Waals surface area contributed by atoms with Gasteiger partial charge in [-0.15, -0.1) is 0 Å². The number of likely N-dealkylation sites (N-methyl/N-ethyl adjacent to an activating group) is 1. The molecule has 1 aliphatic rings. The van der Waals surface area contributed by atoms with Gasteiger partial charge in [0, 0.05) is 23.3 Å². The fraction of sp³-hybridized carbons (Fsp3) is 0.391. The molecule has 1 aromatic carbocycles. The first-order chi connectivity index (χ1) is 11.9. The zero-order chi connectivity index (χ0) is 18.6. The summed E-state index contributed by atoms with van der Waals surface area (Å²) in [4.78, 5) is 2.42. The summed E-state index contributed by atoms with van der Waals surface area (Å²) >= 11 is 0. The molecular weight excluding hydrogens is 306 g/mol. The summed E-state index contributed by atoms with van der Waals surface area (Å²) in [5.41, 5.74) is 6.27. The van der Waals surface area contributed by atoms with Crippen molar-refractivity contribution in [1.82, 2.24) is 0 Å². The molecule has 0 saturated heterocycles. The number of ether oxygens (including phenoxy) is 1. The maximum Gasteiger partial charge on any atom is 0.119 e. The lowest BCUT2D eigenvalue weighted by molar-refractivity contribution is 0.413. The second-order valence-corrected chi connectivity index (χ2v) is 6.81. The third kappa shape index (κ3) is 3.44. The molecule has 0 spiro atoms. The number of nitrogens with zero attached hydrogens (tertiary/aromatic N) is 1. The molecule has 0 bridgehead atoms. The molecule has 0 aliphatic carbocycles. The van der Waals surface area contributed by atoms with Gasteiger partial charge in [0.1, 0.15) is 5.75 Å². The van der Waals surface area contributed by atoms with Gasteiger partial charge in [0.15, 0.2) is 0 Å². The molecule has 1 atom stereocenters. The van der Waals surface area contributed by atoms with Gasteiger partial charge in [-0.25, -0.2) is 0 Å². The zero-order valence-corrected chi connectivity index (χ0v) is 16.5. The third-order valence-corrected chi connectivity index (χ3v) is 5.12. The Balaban J connectivity index is 2.62. The van der Waals surface area contributed by atoms with Crippen LogP contribution in [0.3, 0.4) is 0 Å². The van der Waals surface area contributed by atoms with Crippen LogP contribution in [-0.4, -0.2) is 13.7 Å². The Morgan fingerprint density at radius 2 is 2.04 bits per heavy atom. The van der Waals surface area contributed by atoms with Crippen LogP contribution >= 0.6 is 0 Å². The molecule has 0 amide bonds. The summed E-state index contributed by atoms with van der Waals surface area (Å²) in [6, 6.07) is 6.43. The fourth-order valence-corrected chi connectivity index (χ4v) is 3.83. The second-order valence-electron chi connectivity index (χ2n) is 6.81. The molecule has 1 unspecified atom stereocenters. The van der Waals surface area contributed by atoms with Crippen molar-refractivity contribution in [2.45, 2.75) is 46.5 Å². The summed E-state index contributed by atoms with van der Waals surface area (Å²) < 4.78 is 5.51. The van der Waals surface area contributed by atoms with Gasteiger partial charge < -0.3 is 9.64 Å². The van der Waals surface area contributed by atoms with Gasteiger partial charge in [0.05, 0.1) is 7.11 Å². The highest BCUT2D eigenvalue weighted by Gasteiger charge is 2.43. The smallest absolute Gasteiger partial charge is 0.119 e. The molecule has 2 nitrogen and oxygen atoms in total. The van der Waals surface area contributed by atoms with Crippen molar-refractivity contribution in [3.63, 3.8) is 0 Å². The number of allylic oxidation sites excluding steroid dienone is 7. The van der Waals surface area contributed by atoms with E-state index in [-0.39, 0.29) is 5.41 Å². The Bertz CT molecular complexity index is 738. The summed E-state index contributed by atoms with van der Waals surface area (Å²) in [5, 5.41) is 0. The van der Waals surface area contributed by atoms with Crippen molar-refractivity contribution in [2.24, 2.45) is 0 Å². The van der Waals surface area contributed by atoms with Gasteiger partial charge in [-0.1, -0.05) is 36.5 Å². The third-order valence-electron chi connectivity index (χ3n) is 5.12. The maximum atomic E-state index is 5.51. The van der Waals surface area contributed by atoms with E-state index in [1.54, 1.807) is 7.11 Å². The Labute approximate surface area is 153 Å². The van der Waals surface area contributed by atoms with Gasteiger partial charge in [0.2, 0.25) is 0 Å². The second kappa shape index (κ2) is 7.77. The van der Waals surface area contributed by atoms with E-state index in [0.29, 0.717) is 0 Å². The van der Waals surface area contributed by atoms with Crippen LogP contribution in [0.1, 0.15) is 46.6 Å². The molecule has 0 saturated carbocycles. The summed E-state index contributed by atoms with van der Waals surface area (Å²) in [7, 11) is 1.73. The quantitative estimate of drug-likeness (QED) is 0.576. The van der Waals surface area contributed by atoms with Crippen LogP contribution < -0.4 is 9.64 Å². The summed E-state index contributed by atoms with van der Waals surface area (Å²) in [6.07, 6.45) is 9.52. The molecule has 0 N–H and O–H groups in total. The van der Waals surface area contributed by atoms with E-state index in [1.807, 2.05) is 6.92 Å². The van der Waals surface area contributed by atoms with Crippen LogP contribution in [0, 0.1) is 0 Å². The lowest BCUT2D eigenvalue weighted by Gasteiger charge is -2.31. The number of rotatable bonds is 6. The maximum absolute atomic E-state index is 5.51.